The lowest BCUT2D eigenvalue weighted by Crippen LogP contribution is -2.63. The van der Waals surface area contributed by atoms with Crippen molar-refractivity contribution in [3.8, 4) is 28.4 Å². The smallest absolute Gasteiger partial charge is 0.255 e. The first-order chi connectivity index (χ1) is 20.1. The van der Waals surface area contributed by atoms with Gasteiger partial charge in [0.25, 0.3) is 5.91 Å². The highest BCUT2D eigenvalue weighted by molar-refractivity contribution is 6.06. The van der Waals surface area contributed by atoms with Crippen LogP contribution in [0.15, 0.2) is 72.9 Å². The third-order valence-electron chi connectivity index (χ3n) is 7.31. The van der Waals surface area contributed by atoms with Gasteiger partial charge in [0, 0.05) is 29.7 Å². The highest BCUT2D eigenvalue weighted by Crippen LogP contribution is 2.35. The third-order valence-corrected chi connectivity index (χ3v) is 7.31. The lowest BCUT2D eigenvalue weighted by molar-refractivity contribution is -0.305. The molecule has 220 valence electrons. The van der Waals surface area contributed by atoms with Gasteiger partial charge in [-0.05, 0) is 67.9 Å². The molecule has 0 radical (unpaired) electrons. The van der Waals surface area contributed by atoms with Crippen LogP contribution in [0.4, 0.5) is 5.69 Å². The fourth-order valence-electron chi connectivity index (χ4n) is 5.15. The summed E-state index contributed by atoms with van der Waals surface area (Å²) in [5.41, 5.74) is 2.29. The molecule has 1 aliphatic rings. The summed E-state index contributed by atoms with van der Waals surface area (Å²) in [6, 6.07) is 19.8. The van der Waals surface area contributed by atoms with Gasteiger partial charge in [-0.15, -0.1) is 0 Å². The van der Waals surface area contributed by atoms with Gasteiger partial charge in [0.1, 0.15) is 35.6 Å². The molecule has 1 aromatic heterocycles. The maximum absolute atomic E-state index is 13.2. The Morgan fingerprint density at radius 2 is 1.74 bits per heavy atom. The van der Waals surface area contributed by atoms with Crippen molar-refractivity contribution >= 4 is 22.5 Å². The van der Waals surface area contributed by atoms with E-state index in [1.165, 1.54) is 7.11 Å². The number of methoxy groups -OCH3 is 3. The molecule has 4 atom stereocenters. The second-order valence-electron chi connectivity index (χ2n) is 10.5. The first kappa shape index (κ1) is 29.3. The number of nitrogens with one attached hydrogen (secondary N) is 1. The van der Waals surface area contributed by atoms with Gasteiger partial charge in [-0.25, -0.2) is 0 Å². The molecule has 42 heavy (non-hydrogen) atoms. The summed E-state index contributed by atoms with van der Waals surface area (Å²) in [4.78, 5) is 17.7. The fourth-order valence-corrected chi connectivity index (χ4v) is 5.15. The molecule has 0 aliphatic carbocycles. The zero-order chi connectivity index (χ0) is 30.0. The number of nitrogens with zero attached hydrogens (tertiary/aromatic N) is 1. The average Bonchev–Trinajstić information content (AvgIpc) is 2.99. The number of hydrogen-bond donors (Lipinski definition) is 3. The van der Waals surface area contributed by atoms with Crippen molar-refractivity contribution in [1.82, 2.24) is 4.98 Å². The predicted octanol–water partition coefficient (Wildman–Crippen LogP) is 4.42. The summed E-state index contributed by atoms with van der Waals surface area (Å²) >= 11 is 0. The molecule has 1 amide bonds. The second kappa shape index (κ2) is 11.9. The SMILES string of the molecule is COc1cccc(-c2cc(C(=O)Nc3cnc4cc(O[C@@H]5OC(C)(C)[C@H](OC)[C@@H](O)[C@@H]5O)ccc4c3)ccc2OC)c1. The number of anilines is 1. The number of ether oxygens (including phenoxy) is 5. The monoisotopic (exact) mass is 574 g/mol. The molecule has 0 saturated carbocycles. The Hall–Kier alpha value is -4.22. The van der Waals surface area contributed by atoms with E-state index in [4.69, 9.17) is 23.7 Å². The molecule has 0 unspecified atom stereocenters. The molecular weight excluding hydrogens is 540 g/mol. The van der Waals surface area contributed by atoms with E-state index in [0.717, 1.165) is 16.5 Å². The molecule has 5 rings (SSSR count). The van der Waals surface area contributed by atoms with Gasteiger partial charge < -0.3 is 39.2 Å². The second-order valence-corrected chi connectivity index (χ2v) is 10.5. The Balaban J connectivity index is 1.32. The number of carbonyl (C=O) groups is 1. The summed E-state index contributed by atoms with van der Waals surface area (Å²) in [6.07, 6.45) is -2.77. The first-order valence-corrected chi connectivity index (χ1v) is 13.4. The van der Waals surface area contributed by atoms with E-state index in [1.54, 1.807) is 76.7 Å². The lowest BCUT2D eigenvalue weighted by Gasteiger charge is -2.46. The van der Waals surface area contributed by atoms with Gasteiger partial charge in [-0.2, -0.15) is 0 Å². The molecular formula is C32H34N2O8. The summed E-state index contributed by atoms with van der Waals surface area (Å²) in [6.45, 7) is 3.52. The minimum absolute atomic E-state index is 0.304. The molecule has 1 fully saturated rings. The van der Waals surface area contributed by atoms with Crippen molar-refractivity contribution in [3.05, 3.63) is 78.5 Å². The Bertz CT molecular complexity index is 1590. The van der Waals surface area contributed by atoms with Crippen LogP contribution in [0.1, 0.15) is 24.2 Å². The molecule has 4 aromatic rings. The van der Waals surface area contributed by atoms with Crippen molar-refractivity contribution < 1.29 is 38.7 Å². The maximum atomic E-state index is 13.2. The number of fused-ring (bicyclic) bond motifs is 1. The topological polar surface area (TPSA) is 129 Å². The van der Waals surface area contributed by atoms with Gasteiger partial charge in [0.15, 0.2) is 0 Å². The molecule has 3 aromatic carbocycles. The fraction of sp³-hybridized carbons (Fsp3) is 0.312. The van der Waals surface area contributed by atoms with Crippen LogP contribution < -0.4 is 19.5 Å². The molecule has 0 bridgehead atoms. The van der Waals surface area contributed by atoms with Crippen LogP contribution in [0, 0.1) is 0 Å². The van der Waals surface area contributed by atoms with Crippen molar-refractivity contribution in [2.75, 3.05) is 26.6 Å². The number of pyridine rings is 1. The van der Waals surface area contributed by atoms with Crippen LogP contribution in [0.5, 0.6) is 17.2 Å². The summed E-state index contributed by atoms with van der Waals surface area (Å²) in [5, 5.41) is 24.7. The largest absolute Gasteiger partial charge is 0.497 e. The molecule has 10 nitrogen and oxygen atoms in total. The summed E-state index contributed by atoms with van der Waals surface area (Å²) < 4.78 is 28.0. The average molecular weight is 575 g/mol. The number of hydrogen-bond acceptors (Lipinski definition) is 9. The predicted molar refractivity (Wildman–Crippen MR) is 157 cm³/mol. The summed E-state index contributed by atoms with van der Waals surface area (Å²) in [5.74, 6) is 1.43. The quantitative estimate of drug-likeness (QED) is 0.280. The van der Waals surface area contributed by atoms with E-state index in [0.29, 0.717) is 34.0 Å². The van der Waals surface area contributed by atoms with E-state index in [-0.39, 0.29) is 5.91 Å². The Labute approximate surface area is 243 Å². The number of aromatic nitrogens is 1. The zero-order valence-electron chi connectivity index (χ0n) is 24.0. The minimum atomic E-state index is -1.31. The minimum Gasteiger partial charge on any atom is -0.497 e. The van der Waals surface area contributed by atoms with Gasteiger partial charge in [0.2, 0.25) is 6.29 Å². The van der Waals surface area contributed by atoms with Crippen LogP contribution in [-0.2, 0) is 9.47 Å². The van der Waals surface area contributed by atoms with E-state index in [1.807, 2.05) is 24.3 Å². The molecule has 2 heterocycles. The Morgan fingerprint density at radius 1 is 0.929 bits per heavy atom. The Kier molecular flexibility index (Phi) is 8.33. The van der Waals surface area contributed by atoms with Gasteiger partial charge in [-0.1, -0.05) is 12.1 Å². The zero-order valence-corrected chi connectivity index (χ0v) is 24.0. The van der Waals surface area contributed by atoms with Crippen molar-refractivity contribution in [1.29, 1.82) is 0 Å². The molecule has 1 saturated heterocycles. The highest BCUT2D eigenvalue weighted by Gasteiger charge is 2.50. The van der Waals surface area contributed by atoms with E-state index in [2.05, 4.69) is 10.3 Å². The van der Waals surface area contributed by atoms with Crippen LogP contribution in [0.25, 0.3) is 22.0 Å². The molecule has 3 N–H and O–H groups in total. The van der Waals surface area contributed by atoms with E-state index in [9.17, 15) is 15.0 Å². The number of benzene rings is 3. The van der Waals surface area contributed by atoms with Crippen LogP contribution >= 0.6 is 0 Å². The van der Waals surface area contributed by atoms with E-state index >= 15 is 0 Å². The standard InChI is InChI=1S/C32H34N2O8/c1-32(2)29(40-5)27(35)28(36)31(42-32)41-23-11-9-19-13-21(17-33-25(19)16-23)34-30(37)20-10-12-26(39-4)24(15-20)18-7-6-8-22(14-18)38-3/h6-17,27-29,31,35-36H,1-5H3,(H,34,37)/t27-,28-,29+,31+/m0/s1. The Morgan fingerprint density at radius 3 is 2.48 bits per heavy atom. The molecule has 10 heteroatoms. The first-order valence-electron chi connectivity index (χ1n) is 13.4. The van der Waals surface area contributed by atoms with Crippen molar-refractivity contribution in [3.63, 3.8) is 0 Å². The van der Waals surface area contributed by atoms with Gasteiger partial charge >= 0.3 is 0 Å². The van der Waals surface area contributed by atoms with Crippen molar-refractivity contribution in [2.45, 2.75) is 44.1 Å². The van der Waals surface area contributed by atoms with Crippen LogP contribution in [-0.4, -0.2) is 72.6 Å². The molecule has 1 aliphatic heterocycles. The van der Waals surface area contributed by atoms with E-state index < -0.39 is 30.2 Å². The summed E-state index contributed by atoms with van der Waals surface area (Å²) in [7, 11) is 4.64. The number of carbonyl (C=O) groups excluding carboxylic acids is 1. The number of aliphatic hydroxyl groups excluding tert-OH is 2. The normalized spacial score (nSPS) is 21.5. The highest BCUT2D eigenvalue weighted by atomic mass is 16.7. The number of rotatable bonds is 8. The van der Waals surface area contributed by atoms with Crippen LogP contribution in [0.3, 0.4) is 0 Å². The molecule has 0 spiro atoms. The van der Waals surface area contributed by atoms with Crippen LogP contribution in [0.2, 0.25) is 0 Å². The lowest BCUT2D eigenvalue weighted by atomic mass is 9.89. The third kappa shape index (κ3) is 5.88. The van der Waals surface area contributed by atoms with Gasteiger partial charge in [-0.3, -0.25) is 9.78 Å². The number of amides is 1. The van der Waals surface area contributed by atoms with Crippen molar-refractivity contribution in [2.24, 2.45) is 0 Å². The van der Waals surface area contributed by atoms with Gasteiger partial charge in [0.05, 0.1) is 37.2 Å². The number of aliphatic hydroxyl groups is 2. The maximum Gasteiger partial charge on any atom is 0.255 e.